The van der Waals surface area contributed by atoms with Crippen molar-refractivity contribution in [1.29, 1.82) is 0 Å². The Kier molecular flexibility index (Phi) is 9.67. The predicted molar refractivity (Wildman–Crippen MR) is 102 cm³/mol. The van der Waals surface area contributed by atoms with Crippen LogP contribution in [0.15, 0.2) is 5.38 Å². The maximum Gasteiger partial charge on any atom is 0.228 e. The Hall–Kier alpha value is -0.360. The summed E-state index contributed by atoms with van der Waals surface area (Å²) in [4.78, 5) is 19.1. The Morgan fingerprint density at radius 2 is 2.13 bits per heavy atom. The summed E-state index contributed by atoms with van der Waals surface area (Å²) in [6, 6.07) is 0. The molecular weight excluding hydrogens is 353 g/mol. The van der Waals surface area contributed by atoms with Crippen molar-refractivity contribution in [1.82, 2.24) is 15.2 Å². The lowest BCUT2D eigenvalue weighted by Gasteiger charge is -2.32. The molecule has 2 heterocycles. The van der Waals surface area contributed by atoms with Crippen molar-refractivity contribution in [3.8, 4) is 0 Å². The molecule has 1 N–H and O–H groups in total. The van der Waals surface area contributed by atoms with Gasteiger partial charge in [0.15, 0.2) is 0 Å². The van der Waals surface area contributed by atoms with Crippen LogP contribution in [-0.2, 0) is 16.6 Å². The molecule has 1 unspecified atom stereocenters. The second kappa shape index (κ2) is 9.82. The molecule has 1 aromatic heterocycles. The quantitative estimate of drug-likeness (QED) is 0.869. The molecule has 1 aromatic rings. The van der Waals surface area contributed by atoms with E-state index in [1.807, 2.05) is 17.3 Å². The first-order valence-corrected chi connectivity index (χ1v) is 8.65. The van der Waals surface area contributed by atoms with E-state index < -0.39 is 0 Å². The average Bonchev–Trinajstić information content (AvgIpc) is 2.88. The number of hydrogen-bond donors (Lipinski definition) is 1. The Morgan fingerprint density at radius 1 is 1.43 bits per heavy atom. The third-order valence-corrected chi connectivity index (χ3v) is 5.21. The van der Waals surface area contributed by atoms with Gasteiger partial charge in [-0.2, -0.15) is 0 Å². The fraction of sp³-hybridized carbons (Fsp3) is 0.750. The number of hydrogen-bond acceptors (Lipinski definition) is 4. The number of aromatic nitrogens is 1. The highest BCUT2D eigenvalue weighted by Crippen LogP contribution is 2.26. The van der Waals surface area contributed by atoms with Gasteiger partial charge in [0.25, 0.3) is 0 Å². The van der Waals surface area contributed by atoms with E-state index in [4.69, 9.17) is 0 Å². The van der Waals surface area contributed by atoms with Crippen molar-refractivity contribution in [3.05, 3.63) is 16.1 Å². The smallest absolute Gasteiger partial charge is 0.228 e. The number of thiazole rings is 1. The summed E-state index contributed by atoms with van der Waals surface area (Å²) in [6.45, 7) is 9.25. The second-order valence-corrected chi connectivity index (χ2v) is 7.83. The van der Waals surface area contributed by atoms with Crippen LogP contribution < -0.4 is 5.32 Å². The van der Waals surface area contributed by atoms with E-state index >= 15 is 0 Å². The number of halogens is 2. The van der Waals surface area contributed by atoms with Crippen molar-refractivity contribution in [3.63, 3.8) is 0 Å². The fourth-order valence-corrected chi connectivity index (χ4v) is 3.65. The van der Waals surface area contributed by atoms with Gasteiger partial charge in [0.2, 0.25) is 5.91 Å². The largest absolute Gasteiger partial charge is 0.342 e. The lowest BCUT2D eigenvalue weighted by Crippen LogP contribution is -2.43. The lowest BCUT2D eigenvalue weighted by atomic mass is 9.97. The van der Waals surface area contributed by atoms with Gasteiger partial charge in [-0.05, 0) is 32.4 Å². The molecule has 1 amide bonds. The number of piperidine rings is 1. The van der Waals surface area contributed by atoms with Gasteiger partial charge in [-0.1, -0.05) is 20.8 Å². The van der Waals surface area contributed by atoms with E-state index in [9.17, 15) is 4.79 Å². The highest BCUT2D eigenvalue weighted by molar-refractivity contribution is 7.09. The Morgan fingerprint density at radius 3 is 2.70 bits per heavy atom. The molecular formula is C16H29Cl2N3OS. The van der Waals surface area contributed by atoms with Crippen LogP contribution >= 0.6 is 36.2 Å². The summed E-state index contributed by atoms with van der Waals surface area (Å²) in [5.41, 5.74) is 0.986. The average molecular weight is 382 g/mol. The van der Waals surface area contributed by atoms with E-state index in [1.54, 1.807) is 11.3 Å². The standard InChI is InChI=1S/C16H27N3OS.2ClH/c1-16(2,3)15-18-13(11-21-15)8-14(20)19-7-5-6-12(10-19)9-17-4;;/h11-12,17H,5-10H2,1-4H3;2*1H. The topological polar surface area (TPSA) is 45.2 Å². The maximum absolute atomic E-state index is 12.4. The monoisotopic (exact) mass is 381 g/mol. The molecule has 0 aromatic carbocycles. The van der Waals surface area contributed by atoms with Gasteiger partial charge in [0, 0.05) is 23.9 Å². The molecule has 1 fully saturated rings. The van der Waals surface area contributed by atoms with Gasteiger partial charge < -0.3 is 10.2 Å². The number of nitrogens with one attached hydrogen (secondary N) is 1. The van der Waals surface area contributed by atoms with Gasteiger partial charge in [-0.25, -0.2) is 4.98 Å². The minimum atomic E-state index is 0. The highest BCUT2D eigenvalue weighted by atomic mass is 35.5. The highest BCUT2D eigenvalue weighted by Gasteiger charge is 2.24. The zero-order chi connectivity index (χ0) is 15.5. The fourth-order valence-electron chi connectivity index (χ4n) is 2.75. The zero-order valence-corrected chi connectivity index (χ0v) is 16.9. The maximum atomic E-state index is 12.4. The van der Waals surface area contributed by atoms with Crippen LogP contribution in [0.25, 0.3) is 0 Å². The minimum Gasteiger partial charge on any atom is -0.342 e. The van der Waals surface area contributed by atoms with Crippen LogP contribution in [0.5, 0.6) is 0 Å². The summed E-state index contributed by atoms with van der Waals surface area (Å²) in [6.07, 6.45) is 2.77. The first kappa shape index (κ1) is 22.6. The minimum absolute atomic E-state index is 0. The Labute approximate surface area is 156 Å². The normalized spacial score (nSPS) is 18.1. The first-order valence-electron chi connectivity index (χ1n) is 7.77. The SMILES string of the molecule is CNCC1CCCN(C(=O)Cc2csc(C(C)(C)C)n2)C1.Cl.Cl. The first-order chi connectivity index (χ1) is 9.90. The summed E-state index contributed by atoms with van der Waals surface area (Å²) < 4.78 is 0. The molecule has 0 bridgehead atoms. The van der Waals surface area contributed by atoms with Crippen molar-refractivity contribution < 1.29 is 4.79 Å². The van der Waals surface area contributed by atoms with Crippen molar-refractivity contribution in [2.75, 3.05) is 26.7 Å². The van der Waals surface area contributed by atoms with Crippen LogP contribution in [0.1, 0.15) is 44.3 Å². The molecule has 1 aliphatic rings. The number of carbonyl (C=O) groups excluding carboxylic acids is 1. The van der Waals surface area contributed by atoms with Crippen LogP contribution in [0.4, 0.5) is 0 Å². The van der Waals surface area contributed by atoms with Gasteiger partial charge in [-0.15, -0.1) is 36.2 Å². The molecule has 0 saturated carbocycles. The van der Waals surface area contributed by atoms with Crippen LogP contribution in [0.3, 0.4) is 0 Å². The molecule has 1 saturated heterocycles. The van der Waals surface area contributed by atoms with Gasteiger partial charge in [0.05, 0.1) is 17.1 Å². The Bertz CT molecular complexity index is 486. The van der Waals surface area contributed by atoms with E-state index in [0.29, 0.717) is 12.3 Å². The summed E-state index contributed by atoms with van der Waals surface area (Å²) >= 11 is 1.66. The molecule has 4 nitrogen and oxygen atoms in total. The van der Waals surface area contributed by atoms with Crippen molar-refractivity contribution >= 4 is 42.1 Å². The van der Waals surface area contributed by atoms with Gasteiger partial charge >= 0.3 is 0 Å². The summed E-state index contributed by atoms with van der Waals surface area (Å²) in [5, 5.41) is 6.36. The third-order valence-electron chi connectivity index (χ3n) is 3.89. The summed E-state index contributed by atoms with van der Waals surface area (Å²) in [7, 11) is 1.98. The number of nitrogens with zero attached hydrogens (tertiary/aromatic N) is 2. The van der Waals surface area contributed by atoms with Crippen molar-refractivity contribution in [2.24, 2.45) is 5.92 Å². The molecule has 0 radical (unpaired) electrons. The van der Waals surface area contributed by atoms with Crippen molar-refractivity contribution in [2.45, 2.75) is 45.4 Å². The van der Waals surface area contributed by atoms with Crippen LogP contribution in [0, 0.1) is 5.92 Å². The molecule has 1 aliphatic heterocycles. The van der Waals surface area contributed by atoms with E-state index in [0.717, 1.165) is 36.8 Å². The number of amides is 1. The van der Waals surface area contributed by atoms with Gasteiger partial charge in [-0.3, -0.25) is 4.79 Å². The van der Waals surface area contributed by atoms with Gasteiger partial charge in [0.1, 0.15) is 0 Å². The number of likely N-dealkylation sites (tertiary alicyclic amines) is 1. The molecule has 7 heteroatoms. The second-order valence-electron chi connectivity index (χ2n) is 6.98. The third kappa shape index (κ3) is 6.57. The molecule has 134 valence electrons. The number of rotatable bonds is 4. The summed E-state index contributed by atoms with van der Waals surface area (Å²) in [5.74, 6) is 0.815. The lowest BCUT2D eigenvalue weighted by molar-refractivity contribution is -0.132. The molecule has 23 heavy (non-hydrogen) atoms. The molecule has 2 rings (SSSR count). The van der Waals surface area contributed by atoms with E-state index in [1.165, 1.54) is 6.42 Å². The zero-order valence-electron chi connectivity index (χ0n) is 14.4. The molecule has 1 atom stereocenters. The van der Waals surface area contributed by atoms with E-state index in [2.05, 4.69) is 31.1 Å². The molecule has 0 spiro atoms. The Balaban J connectivity index is 0.00000242. The molecule has 0 aliphatic carbocycles. The van der Waals surface area contributed by atoms with Crippen LogP contribution in [-0.4, -0.2) is 42.5 Å². The van der Waals surface area contributed by atoms with E-state index in [-0.39, 0.29) is 36.1 Å². The van der Waals surface area contributed by atoms with Crippen LogP contribution in [0.2, 0.25) is 0 Å². The predicted octanol–water partition coefficient (Wildman–Crippen LogP) is 3.28. The number of carbonyl (C=O) groups is 1.